The topological polar surface area (TPSA) is 50.2 Å². The number of aromatic nitrogens is 2. The van der Waals surface area contributed by atoms with Crippen molar-refractivity contribution in [1.29, 1.82) is 0 Å². The Balaban J connectivity index is 1.83. The van der Waals surface area contributed by atoms with Crippen LogP contribution < -0.4 is 5.32 Å². The first kappa shape index (κ1) is 20.1. The molecule has 5 nitrogen and oxygen atoms in total. The monoisotopic (exact) mass is 398 g/mol. The summed E-state index contributed by atoms with van der Waals surface area (Å²) in [6.45, 7) is 1.22. The summed E-state index contributed by atoms with van der Waals surface area (Å²) in [6, 6.07) is 14.1. The second kappa shape index (κ2) is 9.03. The van der Waals surface area contributed by atoms with Crippen molar-refractivity contribution in [3.8, 4) is 5.69 Å². The molecule has 1 N–H and O–H groups in total. The van der Waals surface area contributed by atoms with Crippen LogP contribution >= 0.6 is 11.8 Å². The summed E-state index contributed by atoms with van der Waals surface area (Å²) in [5.74, 6) is -0.546. The van der Waals surface area contributed by atoms with Gasteiger partial charge in [0, 0.05) is 18.8 Å². The Labute approximate surface area is 168 Å². The van der Waals surface area contributed by atoms with Crippen LogP contribution in [-0.4, -0.2) is 40.7 Å². The van der Waals surface area contributed by atoms with Crippen LogP contribution in [0.1, 0.15) is 21.6 Å². The van der Waals surface area contributed by atoms with Gasteiger partial charge in [0.25, 0.3) is 5.91 Å². The lowest BCUT2D eigenvalue weighted by Crippen LogP contribution is -2.26. The van der Waals surface area contributed by atoms with Gasteiger partial charge in [0.05, 0.1) is 6.20 Å². The first-order valence-electron chi connectivity index (χ1n) is 8.87. The van der Waals surface area contributed by atoms with E-state index in [1.54, 1.807) is 22.9 Å². The molecule has 3 aromatic rings. The second-order valence-electron chi connectivity index (χ2n) is 6.63. The van der Waals surface area contributed by atoms with E-state index in [9.17, 15) is 9.18 Å². The van der Waals surface area contributed by atoms with Crippen molar-refractivity contribution < 1.29 is 9.18 Å². The Morgan fingerprint density at radius 2 is 1.82 bits per heavy atom. The van der Waals surface area contributed by atoms with Gasteiger partial charge in [-0.25, -0.2) is 9.37 Å². The molecule has 146 valence electrons. The molecular weight excluding hydrogens is 375 g/mol. The molecule has 0 aliphatic carbocycles. The van der Waals surface area contributed by atoms with E-state index in [1.165, 1.54) is 29.5 Å². The number of halogens is 1. The fourth-order valence-electron chi connectivity index (χ4n) is 2.97. The molecule has 1 aromatic heterocycles. The van der Waals surface area contributed by atoms with Gasteiger partial charge in [-0.05, 0) is 55.7 Å². The SMILES string of the molecule is CSc1ncc(C(=O)NCc2ccccc2CN(C)C)n1-c1ccc(F)cc1. The molecule has 0 aliphatic rings. The molecule has 0 spiro atoms. The van der Waals surface area contributed by atoms with Crippen LogP contribution in [-0.2, 0) is 13.1 Å². The van der Waals surface area contributed by atoms with Gasteiger partial charge in [-0.3, -0.25) is 9.36 Å². The van der Waals surface area contributed by atoms with Gasteiger partial charge < -0.3 is 10.2 Å². The molecule has 1 amide bonds. The summed E-state index contributed by atoms with van der Waals surface area (Å²) in [4.78, 5) is 19.3. The Morgan fingerprint density at radius 1 is 1.14 bits per heavy atom. The molecule has 0 fully saturated rings. The van der Waals surface area contributed by atoms with Crippen LogP contribution in [0.3, 0.4) is 0 Å². The predicted molar refractivity (Wildman–Crippen MR) is 110 cm³/mol. The van der Waals surface area contributed by atoms with E-state index in [-0.39, 0.29) is 11.7 Å². The molecule has 0 atom stereocenters. The largest absolute Gasteiger partial charge is 0.347 e. The lowest BCUT2D eigenvalue weighted by Gasteiger charge is -2.15. The summed E-state index contributed by atoms with van der Waals surface area (Å²) in [5, 5.41) is 3.66. The van der Waals surface area contributed by atoms with Crippen LogP contribution in [0.5, 0.6) is 0 Å². The highest BCUT2D eigenvalue weighted by atomic mass is 32.2. The summed E-state index contributed by atoms with van der Waals surface area (Å²) >= 11 is 1.43. The third-order valence-corrected chi connectivity index (χ3v) is 4.93. The maximum Gasteiger partial charge on any atom is 0.270 e. The van der Waals surface area contributed by atoms with E-state index < -0.39 is 0 Å². The van der Waals surface area contributed by atoms with E-state index in [1.807, 2.05) is 38.6 Å². The first-order chi connectivity index (χ1) is 13.5. The van der Waals surface area contributed by atoms with E-state index in [2.05, 4.69) is 21.3 Å². The van der Waals surface area contributed by atoms with Gasteiger partial charge >= 0.3 is 0 Å². The lowest BCUT2D eigenvalue weighted by molar-refractivity contribution is 0.0943. The van der Waals surface area contributed by atoms with E-state index in [4.69, 9.17) is 0 Å². The number of nitrogens with zero attached hydrogens (tertiary/aromatic N) is 3. The average molecular weight is 399 g/mol. The molecule has 0 saturated carbocycles. The molecular formula is C21H23FN4OS. The van der Waals surface area contributed by atoms with Crippen LogP contribution in [0, 0.1) is 5.82 Å². The zero-order chi connectivity index (χ0) is 20.1. The minimum absolute atomic E-state index is 0.225. The lowest BCUT2D eigenvalue weighted by atomic mass is 10.1. The Kier molecular flexibility index (Phi) is 6.49. The number of amides is 1. The Hall–Kier alpha value is -2.64. The third-order valence-electron chi connectivity index (χ3n) is 4.27. The van der Waals surface area contributed by atoms with Gasteiger partial charge in [0.2, 0.25) is 0 Å². The van der Waals surface area contributed by atoms with Crippen molar-refractivity contribution in [2.24, 2.45) is 0 Å². The van der Waals surface area contributed by atoms with Gasteiger partial charge in [0.1, 0.15) is 11.5 Å². The number of rotatable bonds is 7. The summed E-state index contributed by atoms with van der Waals surface area (Å²) in [5.41, 5.74) is 3.36. The van der Waals surface area contributed by atoms with Crippen molar-refractivity contribution in [2.75, 3.05) is 20.4 Å². The highest BCUT2D eigenvalue weighted by Gasteiger charge is 2.18. The predicted octanol–water partition coefficient (Wildman–Crippen LogP) is 3.72. The van der Waals surface area contributed by atoms with Crippen LogP contribution in [0.15, 0.2) is 59.9 Å². The summed E-state index contributed by atoms with van der Waals surface area (Å²) in [6.07, 6.45) is 3.44. The number of thioether (sulfide) groups is 1. The molecule has 0 radical (unpaired) electrons. The molecule has 28 heavy (non-hydrogen) atoms. The normalized spacial score (nSPS) is 11.0. The third kappa shape index (κ3) is 4.61. The Bertz CT molecular complexity index is 953. The van der Waals surface area contributed by atoms with Crippen molar-refractivity contribution in [3.63, 3.8) is 0 Å². The summed E-state index contributed by atoms with van der Waals surface area (Å²) in [7, 11) is 4.03. The first-order valence-corrected chi connectivity index (χ1v) is 10.1. The van der Waals surface area contributed by atoms with Gasteiger partial charge in [-0.15, -0.1) is 0 Å². The van der Waals surface area contributed by atoms with Gasteiger partial charge in [-0.1, -0.05) is 36.0 Å². The molecule has 0 bridgehead atoms. The van der Waals surface area contributed by atoms with Gasteiger partial charge in [-0.2, -0.15) is 0 Å². The number of carbonyl (C=O) groups excluding carboxylic acids is 1. The molecule has 1 heterocycles. The fraction of sp³-hybridized carbons (Fsp3) is 0.238. The highest BCUT2D eigenvalue weighted by molar-refractivity contribution is 7.98. The second-order valence-corrected chi connectivity index (χ2v) is 7.40. The zero-order valence-electron chi connectivity index (χ0n) is 16.1. The minimum Gasteiger partial charge on any atom is -0.347 e. The maximum absolute atomic E-state index is 13.3. The molecule has 3 rings (SSSR count). The van der Waals surface area contributed by atoms with E-state index in [0.717, 1.165) is 12.1 Å². The number of carbonyl (C=O) groups is 1. The molecule has 0 aliphatic heterocycles. The van der Waals surface area contributed by atoms with Crippen LogP contribution in [0.25, 0.3) is 5.69 Å². The fourth-order valence-corrected chi connectivity index (χ4v) is 3.51. The number of hydrogen-bond donors (Lipinski definition) is 1. The zero-order valence-corrected chi connectivity index (χ0v) is 17.0. The van der Waals surface area contributed by atoms with Crippen LogP contribution in [0.4, 0.5) is 4.39 Å². The smallest absolute Gasteiger partial charge is 0.270 e. The molecule has 0 unspecified atom stereocenters. The summed E-state index contributed by atoms with van der Waals surface area (Å²) < 4.78 is 15.0. The number of imidazole rings is 1. The standard InChI is InChI=1S/C21H23FN4OS/c1-25(2)14-16-7-5-4-6-15(16)12-23-20(27)19-13-24-21(28-3)26(19)18-10-8-17(22)9-11-18/h4-11,13H,12,14H2,1-3H3,(H,23,27). The average Bonchev–Trinajstić information content (AvgIpc) is 3.11. The quantitative estimate of drug-likeness (QED) is 0.616. The number of nitrogens with one attached hydrogen (secondary N) is 1. The molecule has 7 heteroatoms. The van der Waals surface area contributed by atoms with E-state index >= 15 is 0 Å². The molecule has 0 saturated heterocycles. The number of benzene rings is 2. The highest BCUT2D eigenvalue weighted by Crippen LogP contribution is 2.22. The maximum atomic E-state index is 13.3. The van der Waals surface area contributed by atoms with Crippen molar-refractivity contribution >= 4 is 17.7 Å². The van der Waals surface area contributed by atoms with E-state index in [0.29, 0.717) is 23.1 Å². The van der Waals surface area contributed by atoms with Crippen molar-refractivity contribution in [2.45, 2.75) is 18.2 Å². The molecule has 2 aromatic carbocycles. The Morgan fingerprint density at radius 3 is 2.46 bits per heavy atom. The van der Waals surface area contributed by atoms with Crippen molar-refractivity contribution in [1.82, 2.24) is 19.8 Å². The van der Waals surface area contributed by atoms with Gasteiger partial charge in [0.15, 0.2) is 5.16 Å². The van der Waals surface area contributed by atoms with Crippen LogP contribution in [0.2, 0.25) is 0 Å². The number of hydrogen-bond acceptors (Lipinski definition) is 4. The van der Waals surface area contributed by atoms with Crippen molar-refractivity contribution in [3.05, 3.63) is 77.4 Å². The minimum atomic E-state index is -0.321.